The van der Waals surface area contributed by atoms with E-state index in [9.17, 15) is 9.90 Å². The van der Waals surface area contributed by atoms with Gasteiger partial charge in [-0.1, -0.05) is 85.7 Å². The summed E-state index contributed by atoms with van der Waals surface area (Å²) in [5, 5.41) is 12.1. The van der Waals surface area contributed by atoms with Gasteiger partial charge in [0.1, 0.15) is 5.76 Å². The molecule has 3 fully saturated rings. The maximum Gasteiger partial charge on any atom is 0.337 e. The number of rotatable bonds is 17. The van der Waals surface area contributed by atoms with Crippen LogP contribution in [0.1, 0.15) is 119 Å². The molecule has 1 saturated carbocycles. The molecule has 330 valence electrons. The van der Waals surface area contributed by atoms with E-state index in [1.807, 2.05) is 41.7 Å². The summed E-state index contributed by atoms with van der Waals surface area (Å²) < 4.78 is 45.4. The van der Waals surface area contributed by atoms with E-state index in [0.29, 0.717) is 50.6 Å². The largest absolute Gasteiger partial charge is 0.456 e. The highest BCUT2D eigenvalue weighted by Crippen LogP contribution is 2.60. The van der Waals surface area contributed by atoms with Gasteiger partial charge in [0.15, 0.2) is 14.1 Å². The second-order valence-corrected chi connectivity index (χ2v) is 27.8. The summed E-state index contributed by atoms with van der Waals surface area (Å²) >= 11 is 4.02. The summed E-state index contributed by atoms with van der Waals surface area (Å²) in [4.78, 5) is 13.2. The van der Waals surface area contributed by atoms with E-state index >= 15 is 0 Å². The number of thioether (sulfide) groups is 2. The zero-order valence-electron chi connectivity index (χ0n) is 37.7. The van der Waals surface area contributed by atoms with E-state index in [-0.39, 0.29) is 51.7 Å². The lowest BCUT2D eigenvalue weighted by Gasteiger charge is -2.56. The molecule has 0 bridgehead atoms. The molecule has 1 aliphatic carbocycles. The van der Waals surface area contributed by atoms with Gasteiger partial charge in [-0.05, 0) is 79.1 Å². The van der Waals surface area contributed by atoms with Crippen LogP contribution in [-0.4, -0.2) is 91.8 Å². The molecule has 3 heterocycles. The third-order valence-corrected chi connectivity index (χ3v) is 22.4. The summed E-state index contributed by atoms with van der Waals surface area (Å²) in [5.74, 6) is 1.17. The van der Waals surface area contributed by atoms with Crippen LogP contribution in [0.15, 0.2) is 42.2 Å². The number of methoxy groups -OCH3 is 2. The van der Waals surface area contributed by atoms with E-state index in [2.05, 4.69) is 80.6 Å². The number of hydrogen-bond donors (Lipinski definition) is 1. The number of carbonyl (C=O) groups excluding carboxylic acids is 1. The highest BCUT2D eigenvalue weighted by Gasteiger charge is 2.57. The Hall–Kier alpha value is -1.09. The van der Waals surface area contributed by atoms with Crippen molar-refractivity contribution >= 4 is 37.8 Å². The molecule has 7 atom stereocenters. The Morgan fingerprint density at radius 2 is 1.60 bits per heavy atom. The van der Waals surface area contributed by atoms with Crippen LogP contribution in [0.25, 0.3) is 0 Å². The van der Waals surface area contributed by atoms with Crippen molar-refractivity contribution in [3.8, 4) is 0 Å². The molecule has 2 saturated heterocycles. The Balaban J connectivity index is 1.41. The number of hydrogen-bond acceptors (Lipinski definition) is 11. The molecule has 0 radical (unpaired) electrons. The van der Waals surface area contributed by atoms with E-state index in [1.54, 1.807) is 14.2 Å². The molecule has 0 unspecified atom stereocenters. The van der Waals surface area contributed by atoms with E-state index in [1.165, 1.54) is 6.08 Å². The predicted molar refractivity (Wildman–Crippen MR) is 238 cm³/mol. The zero-order chi connectivity index (χ0) is 42.6. The molecule has 9 nitrogen and oxygen atoms in total. The van der Waals surface area contributed by atoms with Gasteiger partial charge < -0.3 is 38.0 Å². The van der Waals surface area contributed by atoms with Gasteiger partial charge in [0.2, 0.25) is 0 Å². The smallest absolute Gasteiger partial charge is 0.337 e. The fraction of sp³-hybridized carbons (Fsp3) is 0.804. The maximum atomic E-state index is 13.2. The van der Waals surface area contributed by atoms with Crippen LogP contribution in [0.5, 0.6) is 0 Å². The molecular weight excluding hydrogens is 789 g/mol. The number of carbonyl (C=O) groups is 1. The molecule has 0 amide bonds. The third kappa shape index (κ3) is 11.3. The van der Waals surface area contributed by atoms with Crippen molar-refractivity contribution < 1.29 is 42.7 Å². The molecule has 4 aliphatic rings. The van der Waals surface area contributed by atoms with Gasteiger partial charge >= 0.3 is 5.97 Å². The first-order valence-electron chi connectivity index (χ1n) is 21.8. The highest BCUT2D eigenvalue weighted by atomic mass is 32.2. The van der Waals surface area contributed by atoms with Crippen LogP contribution in [0, 0.1) is 23.2 Å². The molecule has 58 heavy (non-hydrogen) atoms. The summed E-state index contributed by atoms with van der Waals surface area (Å²) in [6, 6.07) is 10.2. The van der Waals surface area contributed by atoms with Gasteiger partial charge in [0.25, 0.3) is 5.79 Å². The molecule has 1 spiro atoms. The standard InChI is InChI=1S/C46H76O9S2Si/c1-32(2)39-20-19-33(3)26-45(39)53-36(25-41(48)54-45)23-35(47)24-40(55-58(11,12)42(4,5)6)43(7,8)46(56-21-16-22-57-46)29-37-27-44(49-9,50-10)28-38(52-37)31-51-30-34-17-14-13-15-18-34/h13-15,17-18,25,32-33,35,37-40,47H,16,19-24,26-31H2,1-12H3/t33-,35-,37+,38-,39+,40+,45-/m1/s1. The molecule has 0 aromatic heterocycles. The van der Waals surface area contributed by atoms with E-state index in [4.69, 9.17) is 32.8 Å². The minimum Gasteiger partial charge on any atom is -0.456 e. The van der Waals surface area contributed by atoms with Crippen molar-refractivity contribution in [1.29, 1.82) is 0 Å². The maximum absolute atomic E-state index is 13.2. The van der Waals surface area contributed by atoms with Gasteiger partial charge in [0, 0.05) is 51.2 Å². The SMILES string of the molecule is COC1(OC)C[C@H](COCc2ccccc2)O[C@H](CC2(C(C)(C)[C@H](C[C@H](O)CC3=CC(=O)O[C@@]4(C[C@H](C)CC[C@H]4C(C)C)O3)O[Si](C)(C)C(C)(C)C)SCCCS2)C1. The quantitative estimate of drug-likeness (QED) is 0.0920. The minimum absolute atomic E-state index is 0.0447. The first-order chi connectivity index (χ1) is 27.2. The average molecular weight is 865 g/mol. The lowest BCUT2D eigenvalue weighted by Crippen LogP contribution is -2.58. The first-order valence-corrected chi connectivity index (χ1v) is 26.7. The number of aliphatic hydroxyl groups excluding tert-OH is 1. The second-order valence-electron chi connectivity index (χ2n) is 20.0. The summed E-state index contributed by atoms with van der Waals surface area (Å²) in [7, 11) is 1.11. The highest BCUT2D eigenvalue weighted by molar-refractivity contribution is 8.18. The Morgan fingerprint density at radius 3 is 2.22 bits per heavy atom. The van der Waals surface area contributed by atoms with Gasteiger partial charge in [-0.3, -0.25) is 0 Å². The van der Waals surface area contributed by atoms with Gasteiger partial charge in [-0.15, -0.1) is 23.5 Å². The molecular formula is C46H76O9S2Si. The minimum atomic E-state index is -2.34. The van der Waals surface area contributed by atoms with Gasteiger partial charge in [-0.2, -0.15) is 0 Å². The van der Waals surface area contributed by atoms with E-state index in [0.717, 1.165) is 42.8 Å². The van der Waals surface area contributed by atoms with Gasteiger partial charge in [0.05, 0.1) is 47.8 Å². The van der Waals surface area contributed by atoms with Crippen LogP contribution < -0.4 is 0 Å². The zero-order valence-corrected chi connectivity index (χ0v) is 40.4. The Morgan fingerprint density at radius 1 is 0.948 bits per heavy atom. The predicted octanol–water partition coefficient (Wildman–Crippen LogP) is 10.5. The van der Waals surface area contributed by atoms with Crippen molar-refractivity contribution in [3.63, 3.8) is 0 Å². The average Bonchev–Trinajstić information content (AvgIpc) is 3.14. The third-order valence-electron chi connectivity index (χ3n) is 13.9. The van der Waals surface area contributed by atoms with Crippen molar-refractivity contribution in [2.24, 2.45) is 23.2 Å². The van der Waals surface area contributed by atoms with Crippen molar-refractivity contribution in [2.45, 2.75) is 178 Å². The Labute approximate surface area is 360 Å². The topological polar surface area (TPSA) is 102 Å². The fourth-order valence-electron chi connectivity index (χ4n) is 9.32. The second kappa shape index (κ2) is 19.5. The molecule has 1 N–H and O–H groups in total. The lowest BCUT2D eigenvalue weighted by molar-refractivity contribution is -0.278. The molecule has 1 aromatic carbocycles. The first kappa shape index (κ1) is 47.9. The Bertz CT molecular complexity index is 1500. The van der Waals surface area contributed by atoms with Crippen LogP contribution in [0.4, 0.5) is 0 Å². The van der Waals surface area contributed by atoms with Crippen LogP contribution in [-0.2, 0) is 44.2 Å². The van der Waals surface area contributed by atoms with Crippen LogP contribution in [0.3, 0.4) is 0 Å². The van der Waals surface area contributed by atoms with Crippen molar-refractivity contribution in [2.75, 3.05) is 32.3 Å². The summed E-state index contributed by atoms with van der Waals surface area (Å²) in [6.07, 6.45) is 6.35. The number of esters is 1. The summed E-state index contributed by atoms with van der Waals surface area (Å²) in [5.41, 5.74) is 0.700. The van der Waals surface area contributed by atoms with Crippen molar-refractivity contribution in [1.82, 2.24) is 0 Å². The molecule has 1 aromatic rings. The van der Waals surface area contributed by atoms with E-state index < -0.39 is 31.4 Å². The number of ether oxygens (including phenoxy) is 6. The monoisotopic (exact) mass is 864 g/mol. The Kier molecular flexibility index (Phi) is 16.1. The normalized spacial score (nSPS) is 29.1. The number of benzene rings is 1. The van der Waals surface area contributed by atoms with Gasteiger partial charge in [-0.25, -0.2) is 4.79 Å². The summed E-state index contributed by atoms with van der Waals surface area (Å²) in [6.45, 7) is 23.6. The van der Waals surface area contributed by atoms with Crippen LogP contribution in [0.2, 0.25) is 18.1 Å². The van der Waals surface area contributed by atoms with Crippen LogP contribution >= 0.6 is 23.5 Å². The van der Waals surface area contributed by atoms with Crippen molar-refractivity contribution in [3.05, 3.63) is 47.7 Å². The number of aliphatic hydroxyl groups is 1. The molecule has 3 aliphatic heterocycles. The molecule has 5 rings (SSSR count). The fourth-order valence-corrected chi connectivity index (χ4v) is 14.6. The molecule has 12 heteroatoms. The lowest BCUT2D eigenvalue weighted by atomic mass is 9.72.